The van der Waals surface area contributed by atoms with Gasteiger partial charge >= 0.3 is 0 Å². The Balaban J connectivity index is 2.44. The minimum Gasteiger partial charge on any atom is -0.382 e. The molecule has 0 amide bonds. The third kappa shape index (κ3) is 6.21. The molecule has 1 rings (SSSR count). The second kappa shape index (κ2) is 8.89. The highest BCUT2D eigenvalue weighted by molar-refractivity contribution is 9.11. The largest absolute Gasteiger partial charge is 0.382 e. The summed E-state index contributed by atoms with van der Waals surface area (Å²) in [4.78, 5) is 0. The van der Waals surface area contributed by atoms with Gasteiger partial charge in [0.05, 0.1) is 5.69 Å². The molecule has 2 N–H and O–H groups in total. The predicted octanol–water partition coefficient (Wildman–Crippen LogP) is 4.23. The summed E-state index contributed by atoms with van der Waals surface area (Å²) >= 11 is 12.3. The number of nitrogens with one attached hydrogen (secondary N) is 2. The van der Waals surface area contributed by atoms with Crippen LogP contribution < -0.4 is 10.6 Å². The topological polar surface area (TPSA) is 33.3 Å². The molecular formula is C13H18Br2N2OS. The maximum Gasteiger partial charge on any atom is 0.170 e. The number of hydrogen-bond donors (Lipinski definition) is 2. The molecule has 19 heavy (non-hydrogen) atoms. The van der Waals surface area contributed by atoms with Crippen LogP contribution >= 0.6 is 44.1 Å². The van der Waals surface area contributed by atoms with Crippen LogP contribution in [0.2, 0.25) is 0 Å². The molecule has 0 bridgehead atoms. The fourth-order valence-corrected chi connectivity index (χ4v) is 3.32. The smallest absolute Gasteiger partial charge is 0.170 e. The molecule has 0 heterocycles. The van der Waals surface area contributed by atoms with Gasteiger partial charge in [-0.05, 0) is 82.0 Å². The molecule has 0 atom stereocenters. The third-order valence-corrected chi connectivity index (χ3v) is 3.88. The summed E-state index contributed by atoms with van der Waals surface area (Å²) in [5, 5.41) is 6.95. The molecule has 0 aliphatic rings. The van der Waals surface area contributed by atoms with Gasteiger partial charge in [0.1, 0.15) is 0 Å². The maximum atomic E-state index is 5.27. The van der Waals surface area contributed by atoms with E-state index in [-0.39, 0.29) is 0 Å². The van der Waals surface area contributed by atoms with Crippen LogP contribution in [0.15, 0.2) is 21.1 Å². The Morgan fingerprint density at radius 3 is 2.53 bits per heavy atom. The molecule has 0 aliphatic carbocycles. The van der Waals surface area contributed by atoms with E-state index in [0.29, 0.717) is 5.11 Å². The molecule has 0 unspecified atom stereocenters. The average Bonchev–Trinajstić information content (AvgIpc) is 2.33. The molecule has 1 aromatic carbocycles. The maximum absolute atomic E-state index is 5.27. The van der Waals surface area contributed by atoms with E-state index in [0.717, 1.165) is 40.8 Å². The number of hydrogen-bond acceptors (Lipinski definition) is 2. The predicted molar refractivity (Wildman–Crippen MR) is 91.9 cm³/mol. The van der Waals surface area contributed by atoms with Crippen LogP contribution in [0.25, 0.3) is 0 Å². The van der Waals surface area contributed by atoms with E-state index in [1.165, 1.54) is 5.56 Å². The van der Waals surface area contributed by atoms with Crippen molar-refractivity contribution in [3.05, 3.63) is 26.6 Å². The molecule has 0 saturated heterocycles. The Labute approximate surface area is 136 Å². The lowest BCUT2D eigenvalue weighted by Crippen LogP contribution is -2.30. The van der Waals surface area contributed by atoms with Crippen LogP contribution in [0.3, 0.4) is 0 Å². The number of aryl methyl sites for hydroxylation is 1. The van der Waals surface area contributed by atoms with E-state index in [4.69, 9.17) is 17.0 Å². The van der Waals surface area contributed by atoms with Gasteiger partial charge in [-0.1, -0.05) is 0 Å². The van der Waals surface area contributed by atoms with E-state index in [9.17, 15) is 0 Å². The summed E-state index contributed by atoms with van der Waals surface area (Å²) in [5.41, 5.74) is 2.12. The van der Waals surface area contributed by atoms with E-state index >= 15 is 0 Å². The number of rotatable bonds is 6. The normalized spacial score (nSPS) is 10.3. The lowest BCUT2D eigenvalue weighted by atomic mass is 10.2. The van der Waals surface area contributed by atoms with Gasteiger partial charge in [0.2, 0.25) is 0 Å². The molecule has 6 heteroatoms. The van der Waals surface area contributed by atoms with Gasteiger partial charge in [-0.3, -0.25) is 0 Å². The molecule has 3 nitrogen and oxygen atoms in total. The lowest BCUT2D eigenvalue weighted by Gasteiger charge is -2.14. The quantitative estimate of drug-likeness (QED) is 0.544. The summed E-state index contributed by atoms with van der Waals surface area (Å²) < 4.78 is 7.23. The molecule has 0 aliphatic heterocycles. The number of anilines is 1. The summed E-state index contributed by atoms with van der Waals surface area (Å²) in [5.74, 6) is 0. The Kier molecular flexibility index (Phi) is 7.90. The fourth-order valence-electron chi connectivity index (χ4n) is 1.50. The zero-order valence-electron chi connectivity index (χ0n) is 11.1. The Bertz CT molecular complexity index is 418. The molecule has 0 radical (unpaired) electrons. The van der Waals surface area contributed by atoms with Crippen molar-refractivity contribution in [2.75, 3.05) is 25.1 Å². The van der Waals surface area contributed by atoms with Crippen molar-refractivity contribution in [3.63, 3.8) is 0 Å². The number of ether oxygens (including phenoxy) is 1. The summed E-state index contributed by atoms with van der Waals surface area (Å²) in [6, 6.07) is 4.09. The first-order valence-corrected chi connectivity index (χ1v) is 8.12. The highest BCUT2D eigenvalue weighted by atomic mass is 79.9. The van der Waals surface area contributed by atoms with Crippen molar-refractivity contribution in [1.82, 2.24) is 5.32 Å². The second-order valence-corrected chi connectivity index (χ2v) is 6.15. The van der Waals surface area contributed by atoms with Gasteiger partial charge in [0, 0.05) is 28.7 Å². The summed E-state index contributed by atoms with van der Waals surface area (Å²) in [6.07, 6.45) is 0.936. The van der Waals surface area contributed by atoms with Crippen molar-refractivity contribution < 1.29 is 4.74 Å². The van der Waals surface area contributed by atoms with Crippen molar-refractivity contribution in [3.8, 4) is 0 Å². The minimum absolute atomic E-state index is 0.613. The van der Waals surface area contributed by atoms with E-state index < -0.39 is 0 Å². The number of halogens is 2. The van der Waals surface area contributed by atoms with E-state index in [1.807, 2.05) is 26.0 Å². The van der Waals surface area contributed by atoms with Crippen LogP contribution in [0, 0.1) is 6.92 Å². The molecule has 0 fully saturated rings. The average molecular weight is 410 g/mol. The van der Waals surface area contributed by atoms with Gasteiger partial charge in [-0.15, -0.1) is 0 Å². The van der Waals surface area contributed by atoms with Crippen LogP contribution in [0.4, 0.5) is 5.69 Å². The highest BCUT2D eigenvalue weighted by Crippen LogP contribution is 2.32. The second-order valence-electron chi connectivity index (χ2n) is 4.03. The first-order valence-electron chi connectivity index (χ1n) is 6.12. The molecule has 0 saturated carbocycles. The van der Waals surface area contributed by atoms with Crippen LogP contribution in [0.5, 0.6) is 0 Å². The van der Waals surface area contributed by atoms with Crippen LogP contribution in [-0.4, -0.2) is 24.9 Å². The van der Waals surface area contributed by atoms with Crippen molar-refractivity contribution in [2.24, 2.45) is 0 Å². The molecule has 106 valence electrons. The van der Waals surface area contributed by atoms with Crippen LogP contribution in [0.1, 0.15) is 18.9 Å². The number of benzene rings is 1. The highest BCUT2D eigenvalue weighted by Gasteiger charge is 2.07. The van der Waals surface area contributed by atoms with Crippen molar-refractivity contribution >= 4 is 54.9 Å². The monoisotopic (exact) mass is 408 g/mol. The van der Waals surface area contributed by atoms with Gasteiger partial charge in [-0.25, -0.2) is 0 Å². The molecular weight excluding hydrogens is 392 g/mol. The summed E-state index contributed by atoms with van der Waals surface area (Å²) in [6.45, 7) is 6.35. The zero-order valence-corrected chi connectivity index (χ0v) is 15.0. The number of thiocarbonyl (C=S) groups is 1. The first kappa shape index (κ1) is 16.9. The molecule has 1 aromatic rings. The standard InChI is InChI=1S/C13H18Br2N2OS/c1-3-18-6-4-5-16-13(19)17-12-10(14)7-9(2)8-11(12)15/h7-8H,3-6H2,1-2H3,(H2,16,17,19). The van der Waals surface area contributed by atoms with E-state index in [2.05, 4.69) is 42.5 Å². The SMILES string of the molecule is CCOCCCNC(=S)Nc1c(Br)cc(C)cc1Br. The Morgan fingerprint density at radius 1 is 1.32 bits per heavy atom. The fraction of sp³-hybridized carbons (Fsp3) is 0.462. The van der Waals surface area contributed by atoms with Crippen LogP contribution in [-0.2, 0) is 4.74 Å². The van der Waals surface area contributed by atoms with Gasteiger partial charge in [-0.2, -0.15) is 0 Å². The third-order valence-electron chi connectivity index (χ3n) is 2.38. The Hall–Kier alpha value is -0.170. The molecule has 0 aromatic heterocycles. The van der Waals surface area contributed by atoms with Crippen molar-refractivity contribution in [2.45, 2.75) is 20.3 Å². The molecule has 0 spiro atoms. The van der Waals surface area contributed by atoms with Gasteiger partial charge in [0.15, 0.2) is 5.11 Å². The van der Waals surface area contributed by atoms with Gasteiger partial charge in [0.25, 0.3) is 0 Å². The zero-order chi connectivity index (χ0) is 14.3. The van der Waals surface area contributed by atoms with Crippen molar-refractivity contribution in [1.29, 1.82) is 0 Å². The van der Waals surface area contributed by atoms with E-state index in [1.54, 1.807) is 0 Å². The minimum atomic E-state index is 0.613. The summed E-state index contributed by atoms with van der Waals surface area (Å²) in [7, 11) is 0. The lowest BCUT2D eigenvalue weighted by molar-refractivity contribution is 0.146. The van der Waals surface area contributed by atoms with Gasteiger partial charge < -0.3 is 15.4 Å². The Morgan fingerprint density at radius 2 is 1.95 bits per heavy atom. The first-order chi connectivity index (χ1) is 9.04.